The first-order valence-electron chi connectivity index (χ1n) is 5.52. The van der Waals surface area contributed by atoms with Crippen LogP contribution in [0.15, 0.2) is 53.8 Å². The van der Waals surface area contributed by atoms with Crippen LogP contribution in [0.2, 0.25) is 0 Å². The molecule has 3 heteroatoms. The first-order valence-corrected chi connectivity index (χ1v) is 5.52. The van der Waals surface area contributed by atoms with Crippen molar-refractivity contribution in [2.45, 2.75) is 13.8 Å². The molecule has 0 bridgehead atoms. The Bertz CT molecular complexity index is 517. The van der Waals surface area contributed by atoms with Crippen molar-refractivity contribution in [1.29, 1.82) is 5.53 Å². The van der Waals surface area contributed by atoms with Gasteiger partial charge in [-0.05, 0) is 37.6 Å². The smallest absolute Gasteiger partial charge is 0.0698 e. The number of nitrogens with one attached hydrogen (secondary N) is 1. The Kier molecular flexibility index (Phi) is 3.19. The number of aryl methyl sites for hydroxylation is 2. The minimum absolute atomic E-state index is 0.903. The van der Waals surface area contributed by atoms with Gasteiger partial charge >= 0.3 is 0 Å². The second kappa shape index (κ2) is 4.78. The van der Waals surface area contributed by atoms with Gasteiger partial charge in [-0.1, -0.05) is 41.1 Å². The molecule has 2 aromatic rings. The SMILES string of the molecule is Cc1ccc(N(N=N)c2ccccc2C)cc1. The summed E-state index contributed by atoms with van der Waals surface area (Å²) in [5.41, 5.74) is 11.5. The molecular weight excluding hydrogens is 210 g/mol. The number of benzene rings is 2. The standard InChI is InChI=1S/C14H15N3/c1-11-7-9-13(10-8-11)17(16-15)14-6-4-3-5-12(14)2/h3-10,15H,1-2H3. The lowest BCUT2D eigenvalue weighted by Gasteiger charge is -2.19. The van der Waals surface area contributed by atoms with Crippen molar-refractivity contribution in [3.05, 3.63) is 59.7 Å². The molecule has 0 saturated carbocycles. The molecule has 0 spiro atoms. The molecule has 0 aliphatic carbocycles. The van der Waals surface area contributed by atoms with Crippen LogP contribution in [0.1, 0.15) is 11.1 Å². The Hall–Kier alpha value is -2.16. The van der Waals surface area contributed by atoms with E-state index >= 15 is 0 Å². The highest BCUT2D eigenvalue weighted by molar-refractivity contribution is 5.65. The molecule has 0 aliphatic rings. The van der Waals surface area contributed by atoms with Gasteiger partial charge in [-0.15, -0.1) is 0 Å². The van der Waals surface area contributed by atoms with E-state index in [2.05, 4.69) is 5.22 Å². The zero-order valence-electron chi connectivity index (χ0n) is 10.0. The van der Waals surface area contributed by atoms with E-state index in [-0.39, 0.29) is 0 Å². The van der Waals surface area contributed by atoms with Crippen molar-refractivity contribution in [3.8, 4) is 0 Å². The first-order chi connectivity index (χ1) is 8.22. The molecule has 3 nitrogen and oxygen atoms in total. The van der Waals surface area contributed by atoms with E-state index in [4.69, 9.17) is 5.53 Å². The molecule has 0 fully saturated rings. The molecule has 0 aromatic heterocycles. The molecule has 2 aromatic carbocycles. The van der Waals surface area contributed by atoms with Gasteiger partial charge in [-0.25, -0.2) is 5.01 Å². The first kappa shape index (κ1) is 11.3. The average Bonchev–Trinajstić information content (AvgIpc) is 2.35. The predicted molar refractivity (Wildman–Crippen MR) is 69.6 cm³/mol. The van der Waals surface area contributed by atoms with Crippen LogP contribution in [0.4, 0.5) is 11.4 Å². The van der Waals surface area contributed by atoms with E-state index in [0.29, 0.717) is 0 Å². The Morgan fingerprint density at radius 2 is 1.59 bits per heavy atom. The molecule has 0 atom stereocenters. The maximum Gasteiger partial charge on any atom is 0.0698 e. The third kappa shape index (κ3) is 2.33. The fraction of sp³-hybridized carbons (Fsp3) is 0.143. The molecule has 0 amide bonds. The lowest BCUT2D eigenvalue weighted by molar-refractivity contribution is 0.917. The van der Waals surface area contributed by atoms with Crippen LogP contribution in [-0.4, -0.2) is 0 Å². The van der Waals surface area contributed by atoms with Crippen molar-refractivity contribution in [1.82, 2.24) is 0 Å². The third-order valence-corrected chi connectivity index (χ3v) is 2.72. The molecule has 0 radical (unpaired) electrons. The zero-order chi connectivity index (χ0) is 12.3. The van der Waals surface area contributed by atoms with Gasteiger partial charge in [0.25, 0.3) is 0 Å². The molecule has 0 unspecified atom stereocenters. The summed E-state index contributed by atoms with van der Waals surface area (Å²) < 4.78 is 0. The highest BCUT2D eigenvalue weighted by Crippen LogP contribution is 2.28. The molecule has 0 saturated heterocycles. The van der Waals surface area contributed by atoms with E-state index in [0.717, 1.165) is 16.9 Å². The highest BCUT2D eigenvalue weighted by atomic mass is 15.5. The van der Waals surface area contributed by atoms with Gasteiger partial charge in [0.1, 0.15) is 0 Å². The Morgan fingerprint density at radius 1 is 0.941 bits per heavy atom. The summed E-state index contributed by atoms with van der Waals surface area (Å²) >= 11 is 0. The van der Waals surface area contributed by atoms with E-state index in [1.807, 2.05) is 62.4 Å². The quantitative estimate of drug-likeness (QED) is 0.610. The van der Waals surface area contributed by atoms with Crippen LogP contribution in [-0.2, 0) is 0 Å². The molecule has 2 rings (SSSR count). The summed E-state index contributed by atoms with van der Waals surface area (Å²) in [6.07, 6.45) is 0. The van der Waals surface area contributed by atoms with Crippen LogP contribution in [0.5, 0.6) is 0 Å². The van der Waals surface area contributed by atoms with Gasteiger partial charge in [-0.2, -0.15) is 5.53 Å². The van der Waals surface area contributed by atoms with Crippen LogP contribution in [0.3, 0.4) is 0 Å². The van der Waals surface area contributed by atoms with Gasteiger partial charge in [-0.3, -0.25) is 0 Å². The zero-order valence-corrected chi connectivity index (χ0v) is 10.0. The van der Waals surface area contributed by atoms with E-state index in [1.165, 1.54) is 5.56 Å². The van der Waals surface area contributed by atoms with Crippen molar-refractivity contribution >= 4 is 11.4 Å². The lowest BCUT2D eigenvalue weighted by Crippen LogP contribution is -2.08. The Balaban J connectivity index is 2.44. The lowest BCUT2D eigenvalue weighted by atomic mass is 10.1. The van der Waals surface area contributed by atoms with Crippen LogP contribution in [0.25, 0.3) is 0 Å². The molecule has 86 valence electrons. The van der Waals surface area contributed by atoms with Crippen molar-refractivity contribution in [2.24, 2.45) is 5.22 Å². The summed E-state index contributed by atoms with van der Waals surface area (Å²) in [6, 6.07) is 15.9. The van der Waals surface area contributed by atoms with Gasteiger partial charge in [0.2, 0.25) is 0 Å². The van der Waals surface area contributed by atoms with Gasteiger partial charge in [0.15, 0.2) is 0 Å². The number of para-hydroxylation sites is 1. The summed E-state index contributed by atoms with van der Waals surface area (Å²) in [4.78, 5) is 0. The number of nitrogens with zero attached hydrogens (tertiary/aromatic N) is 2. The van der Waals surface area contributed by atoms with E-state index in [1.54, 1.807) is 5.01 Å². The summed E-state index contributed by atoms with van der Waals surface area (Å²) in [6.45, 7) is 4.06. The fourth-order valence-electron chi connectivity index (χ4n) is 1.74. The second-order valence-corrected chi connectivity index (χ2v) is 4.03. The minimum Gasteiger partial charge on any atom is -0.215 e. The summed E-state index contributed by atoms with van der Waals surface area (Å²) in [5, 5.41) is 5.24. The van der Waals surface area contributed by atoms with Crippen molar-refractivity contribution in [2.75, 3.05) is 5.01 Å². The predicted octanol–water partition coefficient (Wildman–Crippen LogP) is 4.39. The molecule has 1 N–H and O–H groups in total. The normalized spacial score (nSPS) is 10.0. The maximum absolute atomic E-state index is 7.34. The van der Waals surface area contributed by atoms with Gasteiger partial charge in [0.05, 0.1) is 11.4 Å². The van der Waals surface area contributed by atoms with E-state index in [9.17, 15) is 0 Å². The monoisotopic (exact) mass is 225 g/mol. The van der Waals surface area contributed by atoms with E-state index < -0.39 is 0 Å². The number of rotatable bonds is 3. The molecule has 0 heterocycles. The average molecular weight is 225 g/mol. The summed E-state index contributed by atoms with van der Waals surface area (Å²) in [5.74, 6) is 0. The Labute approximate surface area is 101 Å². The summed E-state index contributed by atoms with van der Waals surface area (Å²) in [7, 11) is 0. The molecular formula is C14H15N3. The third-order valence-electron chi connectivity index (χ3n) is 2.72. The Morgan fingerprint density at radius 3 is 2.18 bits per heavy atom. The molecule has 17 heavy (non-hydrogen) atoms. The number of hydrogen-bond donors (Lipinski definition) is 1. The second-order valence-electron chi connectivity index (χ2n) is 4.03. The fourth-order valence-corrected chi connectivity index (χ4v) is 1.74. The maximum atomic E-state index is 7.34. The van der Waals surface area contributed by atoms with Crippen molar-refractivity contribution in [3.63, 3.8) is 0 Å². The van der Waals surface area contributed by atoms with Crippen LogP contribution >= 0.6 is 0 Å². The number of hydrogen-bond acceptors (Lipinski definition) is 2. The molecule has 0 aliphatic heterocycles. The number of anilines is 2. The van der Waals surface area contributed by atoms with Crippen molar-refractivity contribution < 1.29 is 0 Å². The largest absolute Gasteiger partial charge is 0.215 e. The topological polar surface area (TPSA) is 39.5 Å². The minimum atomic E-state index is 0.903. The van der Waals surface area contributed by atoms with Gasteiger partial charge < -0.3 is 0 Å². The van der Waals surface area contributed by atoms with Crippen LogP contribution in [0, 0.1) is 19.4 Å². The van der Waals surface area contributed by atoms with Gasteiger partial charge in [0, 0.05) is 0 Å². The van der Waals surface area contributed by atoms with Crippen LogP contribution < -0.4 is 5.01 Å². The highest BCUT2D eigenvalue weighted by Gasteiger charge is 2.09.